The lowest BCUT2D eigenvalue weighted by molar-refractivity contribution is 0.490. The molecule has 1 aromatic heterocycles. The van der Waals surface area contributed by atoms with Gasteiger partial charge in [0.2, 0.25) is 0 Å². The Balaban J connectivity index is 2.21. The van der Waals surface area contributed by atoms with Crippen molar-refractivity contribution >= 4 is 5.69 Å². The van der Waals surface area contributed by atoms with E-state index in [4.69, 9.17) is 0 Å². The predicted molar refractivity (Wildman–Crippen MR) is 76.8 cm³/mol. The summed E-state index contributed by atoms with van der Waals surface area (Å²) in [5.41, 5.74) is 2.70. The van der Waals surface area contributed by atoms with Gasteiger partial charge in [0.05, 0.1) is 0 Å². The molecular weight excluding hydrogens is 222 g/mol. The molecule has 0 spiro atoms. The summed E-state index contributed by atoms with van der Waals surface area (Å²) in [6, 6.07) is 2.86. The molecule has 1 aliphatic rings. The SMILES string of the molecule is CCNCc1cnccc1N1CCCC1C(C)C. The van der Waals surface area contributed by atoms with E-state index in [2.05, 4.69) is 42.0 Å². The standard InChI is InChI=1S/C15H25N3/c1-4-16-10-13-11-17-8-7-15(13)18-9-5-6-14(18)12(2)3/h7-8,11-12,14,16H,4-6,9-10H2,1-3H3. The molecular formula is C15H25N3. The minimum Gasteiger partial charge on any atom is -0.368 e. The molecule has 0 amide bonds. The van der Waals surface area contributed by atoms with Crippen molar-refractivity contribution < 1.29 is 0 Å². The van der Waals surface area contributed by atoms with Gasteiger partial charge in [0.1, 0.15) is 0 Å². The van der Waals surface area contributed by atoms with Gasteiger partial charge in [-0.2, -0.15) is 0 Å². The first-order chi connectivity index (χ1) is 8.74. The number of hydrogen-bond acceptors (Lipinski definition) is 3. The zero-order valence-corrected chi connectivity index (χ0v) is 11.8. The summed E-state index contributed by atoms with van der Waals surface area (Å²) in [7, 11) is 0. The average Bonchev–Trinajstić information content (AvgIpc) is 2.86. The van der Waals surface area contributed by atoms with E-state index in [0.717, 1.165) is 13.1 Å². The molecule has 2 rings (SSSR count). The second kappa shape index (κ2) is 6.19. The maximum absolute atomic E-state index is 4.27. The molecule has 1 unspecified atom stereocenters. The largest absolute Gasteiger partial charge is 0.368 e. The summed E-state index contributed by atoms with van der Waals surface area (Å²) < 4.78 is 0. The third kappa shape index (κ3) is 2.83. The van der Waals surface area contributed by atoms with E-state index in [-0.39, 0.29) is 0 Å². The smallest absolute Gasteiger partial charge is 0.0445 e. The summed E-state index contributed by atoms with van der Waals surface area (Å²) in [6.07, 6.45) is 6.56. The topological polar surface area (TPSA) is 28.2 Å². The Morgan fingerprint density at radius 2 is 2.33 bits per heavy atom. The number of pyridine rings is 1. The van der Waals surface area contributed by atoms with Crippen LogP contribution in [-0.4, -0.2) is 24.1 Å². The third-order valence-corrected chi connectivity index (χ3v) is 3.82. The van der Waals surface area contributed by atoms with Crippen LogP contribution in [0.15, 0.2) is 18.5 Å². The summed E-state index contributed by atoms with van der Waals surface area (Å²) in [5, 5.41) is 3.41. The monoisotopic (exact) mass is 247 g/mol. The average molecular weight is 247 g/mol. The van der Waals surface area contributed by atoms with Crippen molar-refractivity contribution in [2.45, 2.75) is 46.2 Å². The Kier molecular flexibility index (Phi) is 4.59. The second-order valence-electron chi connectivity index (χ2n) is 5.43. The summed E-state index contributed by atoms with van der Waals surface area (Å²) in [6.45, 7) is 9.90. The van der Waals surface area contributed by atoms with Crippen molar-refractivity contribution in [3.63, 3.8) is 0 Å². The number of hydrogen-bond donors (Lipinski definition) is 1. The van der Waals surface area contributed by atoms with E-state index >= 15 is 0 Å². The molecule has 1 atom stereocenters. The molecule has 1 saturated heterocycles. The van der Waals surface area contributed by atoms with Crippen LogP contribution in [0.5, 0.6) is 0 Å². The van der Waals surface area contributed by atoms with Crippen LogP contribution >= 0.6 is 0 Å². The van der Waals surface area contributed by atoms with E-state index in [1.54, 1.807) is 0 Å². The van der Waals surface area contributed by atoms with E-state index in [1.807, 2.05) is 12.4 Å². The fourth-order valence-electron chi connectivity index (χ4n) is 2.88. The molecule has 0 aliphatic carbocycles. The molecule has 100 valence electrons. The zero-order valence-electron chi connectivity index (χ0n) is 11.8. The summed E-state index contributed by atoms with van der Waals surface area (Å²) in [5.74, 6) is 0.715. The van der Waals surface area contributed by atoms with Gasteiger partial charge in [-0.05, 0) is 31.4 Å². The molecule has 0 bridgehead atoms. The minimum atomic E-state index is 0.688. The van der Waals surface area contributed by atoms with Crippen molar-refractivity contribution in [2.24, 2.45) is 5.92 Å². The molecule has 2 heterocycles. The van der Waals surface area contributed by atoms with Gasteiger partial charge in [-0.3, -0.25) is 4.98 Å². The van der Waals surface area contributed by atoms with Gasteiger partial charge in [0, 0.05) is 42.8 Å². The molecule has 3 nitrogen and oxygen atoms in total. The number of rotatable bonds is 5. The van der Waals surface area contributed by atoms with Crippen molar-refractivity contribution in [1.82, 2.24) is 10.3 Å². The van der Waals surface area contributed by atoms with Crippen LogP contribution in [0, 0.1) is 5.92 Å². The van der Waals surface area contributed by atoms with E-state index in [9.17, 15) is 0 Å². The van der Waals surface area contributed by atoms with Crippen LogP contribution in [0.1, 0.15) is 39.2 Å². The minimum absolute atomic E-state index is 0.688. The molecule has 1 aliphatic heterocycles. The second-order valence-corrected chi connectivity index (χ2v) is 5.43. The third-order valence-electron chi connectivity index (χ3n) is 3.82. The maximum Gasteiger partial charge on any atom is 0.0445 e. The highest BCUT2D eigenvalue weighted by molar-refractivity contribution is 5.54. The fourth-order valence-corrected chi connectivity index (χ4v) is 2.88. The van der Waals surface area contributed by atoms with Gasteiger partial charge in [-0.15, -0.1) is 0 Å². The predicted octanol–water partition coefficient (Wildman–Crippen LogP) is 2.82. The van der Waals surface area contributed by atoms with Gasteiger partial charge >= 0.3 is 0 Å². The van der Waals surface area contributed by atoms with E-state index in [0.29, 0.717) is 12.0 Å². The van der Waals surface area contributed by atoms with Gasteiger partial charge in [-0.1, -0.05) is 20.8 Å². The fraction of sp³-hybridized carbons (Fsp3) is 0.667. The van der Waals surface area contributed by atoms with Crippen molar-refractivity contribution in [3.8, 4) is 0 Å². The highest BCUT2D eigenvalue weighted by Gasteiger charge is 2.28. The Morgan fingerprint density at radius 1 is 1.50 bits per heavy atom. The highest BCUT2D eigenvalue weighted by Crippen LogP contribution is 2.31. The van der Waals surface area contributed by atoms with Crippen LogP contribution in [0.3, 0.4) is 0 Å². The van der Waals surface area contributed by atoms with Gasteiger partial charge in [-0.25, -0.2) is 0 Å². The number of nitrogens with one attached hydrogen (secondary N) is 1. The zero-order chi connectivity index (χ0) is 13.0. The lowest BCUT2D eigenvalue weighted by Gasteiger charge is -2.31. The Bertz CT molecular complexity index is 376. The van der Waals surface area contributed by atoms with Crippen LogP contribution in [0.4, 0.5) is 5.69 Å². The summed E-state index contributed by atoms with van der Waals surface area (Å²) >= 11 is 0. The molecule has 1 aromatic rings. The van der Waals surface area contributed by atoms with Gasteiger partial charge in [0.25, 0.3) is 0 Å². The first kappa shape index (κ1) is 13.3. The van der Waals surface area contributed by atoms with Gasteiger partial charge < -0.3 is 10.2 Å². The number of nitrogens with zero attached hydrogens (tertiary/aromatic N) is 2. The Hall–Kier alpha value is -1.09. The lowest BCUT2D eigenvalue weighted by atomic mass is 10.0. The van der Waals surface area contributed by atoms with Crippen LogP contribution < -0.4 is 10.2 Å². The molecule has 0 saturated carbocycles. The summed E-state index contributed by atoms with van der Waals surface area (Å²) in [4.78, 5) is 6.86. The van der Waals surface area contributed by atoms with Crippen LogP contribution in [-0.2, 0) is 6.54 Å². The molecule has 18 heavy (non-hydrogen) atoms. The van der Waals surface area contributed by atoms with E-state index in [1.165, 1.54) is 30.6 Å². The maximum atomic E-state index is 4.27. The lowest BCUT2D eigenvalue weighted by Crippen LogP contribution is -2.34. The normalized spacial score (nSPS) is 19.8. The molecule has 3 heteroatoms. The van der Waals surface area contributed by atoms with Crippen molar-refractivity contribution in [3.05, 3.63) is 24.0 Å². The number of anilines is 1. The Morgan fingerprint density at radius 3 is 3.06 bits per heavy atom. The molecule has 1 N–H and O–H groups in total. The Labute approximate surface area is 111 Å². The van der Waals surface area contributed by atoms with Crippen molar-refractivity contribution in [2.75, 3.05) is 18.0 Å². The van der Waals surface area contributed by atoms with E-state index < -0.39 is 0 Å². The molecule has 0 radical (unpaired) electrons. The number of aromatic nitrogens is 1. The van der Waals surface area contributed by atoms with Gasteiger partial charge in [0.15, 0.2) is 0 Å². The van der Waals surface area contributed by atoms with Crippen molar-refractivity contribution in [1.29, 1.82) is 0 Å². The quantitative estimate of drug-likeness (QED) is 0.867. The van der Waals surface area contributed by atoms with Crippen LogP contribution in [0.25, 0.3) is 0 Å². The first-order valence-electron chi connectivity index (χ1n) is 7.14. The molecule has 1 fully saturated rings. The highest BCUT2D eigenvalue weighted by atomic mass is 15.2. The first-order valence-corrected chi connectivity index (χ1v) is 7.14. The van der Waals surface area contributed by atoms with Crippen LogP contribution in [0.2, 0.25) is 0 Å². The molecule has 0 aromatic carbocycles.